The van der Waals surface area contributed by atoms with Crippen LogP contribution in [0.2, 0.25) is 0 Å². The van der Waals surface area contributed by atoms with Crippen molar-refractivity contribution >= 4 is 11.8 Å². The lowest BCUT2D eigenvalue weighted by Gasteiger charge is -2.49. The second kappa shape index (κ2) is 4.89. The van der Waals surface area contributed by atoms with E-state index in [4.69, 9.17) is 0 Å². The summed E-state index contributed by atoms with van der Waals surface area (Å²) in [6.07, 6.45) is 4.36. The molecule has 0 aromatic heterocycles. The molecule has 19 heavy (non-hydrogen) atoms. The predicted molar refractivity (Wildman–Crippen MR) is 72.3 cm³/mol. The van der Waals surface area contributed by atoms with Crippen LogP contribution in [0.15, 0.2) is 0 Å². The van der Waals surface area contributed by atoms with Crippen LogP contribution >= 0.6 is 0 Å². The van der Waals surface area contributed by atoms with Gasteiger partial charge >= 0.3 is 0 Å². The van der Waals surface area contributed by atoms with Gasteiger partial charge in [0.15, 0.2) is 0 Å². The lowest BCUT2D eigenvalue weighted by molar-refractivity contribution is -0.165. The molecule has 2 unspecified atom stereocenters. The molecule has 1 saturated heterocycles. The fraction of sp³-hybridized carbons (Fsp3) is 0.867. The molecule has 2 aliphatic rings. The van der Waals surface area contributed by atoms with Gasteiger partial charge in [-0.15, -0.1) is 0 Å². The minimum Gasteiger partial charge on any atom is -0.394 e. The molecule has 2 rings (SSSR count). The van der Waals surface area contributed by atoms with Crippen LogP contribution in [0.25, 0.3) is 0 Å². The monoisotopic (exact) mass is 267 g/mol. The number of hydrogen-bond donors (Lipinski definition) is 1. The van der Waals surface area contributed by atoms with E-state index in [1.807, 2.05) is 13.8 Å². The van der Waals surface area contributed by atoms with Crippen LogP contribution in [-0.2, 0) is 9.59 Å². The highest BCUT2D eigenvalue weighted by molar-refractivity contribution is 5.99. The zero-order chi connectivity index (χ0) is 14.3. The first-order chi connectivity index (χ1) is 8.80. The minimum atomic E-state index is -0.637. The van der Waals surface area contributed by atoms with Gasteiger partial charge in [-0.25, -0.2) is 0 Å². The van der Waals surface area contributed by atoms with Crippen molar-refractivity contribution < 1.29 is 14.7 Å². The van der Waals surface area contributed by atoms with E-state index in [9.17, 15) is 14.7 Å². The molecule has 4 nitrogen and oxygen atoms in total. The third-order valence-electron chi connectivity index (χ3n) is 4.59. The van der Waals surface area contributed by atoms with Gasteiger partial charge in [-0.1, -0.05) is 33.6 Å². The molecule has 0 radical (unpaired) electrons. The third-order valence-corrected chi connectivity index (χ3v) is 4.59. The molecule has 2 fully saturated rings. The number of aliphatic hydroxyl groups is 1. The van der Waals surface area contributed by atoms with Gasteiger partial charge in [-0.05, 0) is 24.2 Å². The summed E-state index contributed by atoms with van der Waals surface area (Å²) < 4.78 is 0. The molecular weight excluding hydrogens is 242 g/mol. The highest BCUT2D eigenvalue weighted by Gasteiger charge is 2.49. The number of carbonyl (C=O) groups is 2. The van der Waals surface area contributed by atoms with Crippen LogP contribution in [0.5, 0.6) is 0 Å². The van der Waals surface area contributed by atoms with Gasteiger partial charge < -0.3 is 5.11 Å². The molecule has 1 aliphatic heterocycles. The van der Waals surface area contributed by atoms with E-state index in [1.54, 1.807) is 0 Å². The summed E-state index contributed by atoms with van der Waals surface area (Å²) >= 11 is 0. The molecule has 2 atom stereocenters. The van der Waals surface area contributed by atoms with Crippen LogP contribution in [0.3, 0.4) is 0 Å². The number of aliphatic hydroxyl groups excluding tert-OH is 1. The Labute approximate surface area is 115 Å². The van der Waals surface area contributed by atoms with E-state index in [2.05, 4.69) is 6.92 Å². The Hall–Kier alpha value is -0.900. The number of hydrogen-bond acceptors (Lipinski definition) is 3. The Kier molecular flexibility index (Phi) is 3.74. The molecule has 0 spiro atoms. The molecule has 2 amide bonds. The Bertz CT molecular complexity index is 371. The molecule has 0 bridgehead atoms. The average Bonchev–Trinajstić information content (AvgIpc) is 2.26. The van der Waals surface area contributed by atoms with Crippen molar-refractivity contribution in [3.05, 3.63) is 0 Å². The number of carbonyl (C=O) groups excluding carboxylic acids is 2. The first kappa shape index (κ1) is 14.5. The normalized spacial score (nSPS) is 35.6. The maximum atomic E-state index is 12.4. The Morgan fingerprint density at radius 3 is 2.32 bits per heavy atom. The predicted octanol–water partition coefficient (Wildman–Crippen LogP) is 2.10. The maximum Gasteiger partial charge on any atom is 0.230 e. The summed E-state index contributed by atoms with van der Waals surface area (Å²) in [5, 5.41) is 9.83. The van der Waals surface area contributed by atoms with E-state index in [0.717, 1.165) is 25.7 Å². The summed E-state index contributed by atoms with van der Waals surface area (Å²) in [7, 11) is 0. The highest BCUT2D eigenvalue weighted by atomic mass is 16.3. The van der Waals surface area contributed by atoms with Gasteiger partial charge in [0.05, 0.1) is 12.1 Å². The van der Waals surface area contributed by atoms with Gasteiger partial charge in [0.25, 0.3) is 0 Å². The molecule has 4 heteroatoms. The molecule has 0 aromatic rings. The van der Waals surface area contributed by atoms with E-state index in [0.29, 0.717) is 18.8 Å². The zero-order valence-corrected chi connectivity index (χ0v) is 12.2. The first-order valence-corrected chi connectivity index (χ1v) is 7.26. The SMILES string of the molecule is CC1CCCC(CO)(N2C(=O)CC(C)(C)CC2=O)C1. The van der Waals surface area contributed by atoms with Crippen molar-refractivity contribution in [3.8, 4) is 0 Å². The van der Waals surface area contributed by atoms with E-state index in [1.165, 1.54) is 4.90 Å². The second-order valence-electron chi connectivity index (χ2n) is 7.22. The minimum absolute atomic E-state index is 0.102. The Balaban J connectivity index is 2.28. The fourth-order valence-electron chi connectivity index (χ4n) is 3.76. The lowest BCUT2D eigenvalue weighted by Crippen LogP contribution is -2.61. The van der Waals surface area contributed by atoms with E-state index >= 15 is 0 Å². The van der Waals surface area contributed by atoms with E-state index < -0.39 is 5.54 Å². The van der Waals surface area contributed by atoms with Crippen molar-refractivity contribution in [2.45, 2.75) is 64.8 Å². The number of amides is 2. The topological polar surface area (TPSA) is 57.6 Å². The van der Waals surface area contributed by atoms with Crippen LogP contribution in [-0.4, -0.2) is 34.0 Å². The quantitative estimate of drug-likeness (QED) is 0.779. The van der Waals surface area contributed by atoms with Crippen LogP contribution in [0.4, 0.5) is 0 Å². The van der Waals surface area contributed by atoms with Gasteiger partial charge in [0.2, 0.25) is 11.8 Å². The largest absolute Gasteiger partial charge is 0.394 e. The standard InChI is InChI=1S/C15H25NO3/c1-11-5-4-6-15(7-11,10-17)16-12(18)8-14(2,3)9-13(16)19/h11,17H,4-10H2,1-3H3. The van der Waals surface area contributed by atoms with Crippen molar-refractivity contribution in [1.82, 2.24) is 4.90 Å². The van der Waals surface area contributed by atoms with Crippen LogP contribution in [0.1, 0.15) is 59.3 Å². The molecular formula is C15H25NO3. The van der Waals surface area contributed by atoms with Crippen LogP contribution < -0.4 is 0 Å². The molecule has 1 aliphatic carbocycles. The number of nitrogens with zero attached hydrogens (tertiary/aromatic N) is 1. The van der Waals surface area contributed by atoms with E-state index in [-0.39, 0.29) is 23.8 Å². The lowest BCUT2D eigenvalue weighted by atomic mass is 9.73. The second-order valence-corrected chi connectivity index (χ2v) is 7.22. The Morgan fingerprint density at radius 1 is 1.26 bits per heavy atom. The summed E-state index contributed by atoms with van der Waals surface area (Å²) in [6.45, 7) is 5.94. The summed E-state index contributed by atoms with van der Waals surface area (Å²) in [4.78, 5) is 26.2. The smallest absolute Gasteiger partial charge is 0.230 e. The van der Waals surface area contributed by atoms with Crippen molar-refractivity contribution in [1.29, 1.82) is 0 Å². The summed E-state index contributed by atoms with van der Waals surface area (Å²) in [5.74, 6) is 0.241. The molecule has 108 valence electrons. The first-order valence-electron chi connectivity index (χ1n) is 7.26. The number of piperidine rings is 1. The summed E-state index contributed by atoms with van der Waals surface area (Å²) in [6, 6.07) is 0. The highest BCUT2D eigenvalue weighted by Crippen LogP contribution is 2.41. The number of imide groups is 1. The third kappa shape index (κ3) is 2.69. The number of likely N-dealkylation sites (tertiary alicyclic amines) is 1. The van der Waals surface area contributed by atoms with Crippen LogP contribution in [0, 0.1) is 11.3 Å². The number of rotatable bonds is 2. The maximum absolute atomic E-state index is 12.4. The van der Waals surface area contributed by atoms with Crippen molar-refractivity contribution in [2.75, 3.05) is 6.61 Å². The molecule has 1 N–H and O–H groups in total. The van der Waals surface area contributed by atoms with Gasteiger partial charge in [-0.2, -0.15) is 0 Å². The van der Waals surface area contributed by atoms with Crippen molar-refractivity contribution in [2.24, 2.45) is 11.3 Å². The van der Waals surface area contributed by atoms with Crippen molar-refractivity contribution in [3.63, 3.8) is 0 Å². The van der Waals surface area contributed by atoms with Gasteiger partial charge in [-0.3, -0.25) is 14.5 Å². The average molecular weight is 267 g/mol. The molecule has 1 heterocycles. The van der Waals surface area contributed by atoms with Gasteiger partial charge in [0.1, 0.15) is 0 Å². The summed E-state index contributed by atoms with van der Waals surface area (Å²) in [5.41, 5.74) is -0.885. The fourth-order valence-corrected chi connectivity index (χ4v) is 3.76. The molecule has 0 aromatic carbocycles. The Morgan fingerprint density at radius 2 is 1.84 bits per heavy atom. The molecule has 1 saturated carbocycles. The zero-order valence-electron chi connectivity index (χ0n) is 12.2. The van der Waals surface area contributed by atoms with Gasteiger partial charge in [0, 0.05) is 12.8 Å².